The van der Waals surface area contributed by atoms with Gasteiger partial charge in [0.1, 0.15) is 5.82 Å². The molecule has 1 aromatic rings. The second kappa shape index (κ2) is 6.11. The molecule has 108 valence electrons. The first-order valence-corrected chi connectivity index (χ1v) is 6.59. The molecule has 0 spiro atoms. The Morgan fingerprint density at radius 1 is 1.30 bits per heavy atom. The van der Waals surface area contributed by atoms with E-state index in [1.54, 1.807) is 23.1 Å². The number of nitrogens with zero attached hydrogens (tertiary/aromatic N) is 1. The van der Waals surface area contributed by atoms with Crippen LogP contribution in [-0.4, -0.2) is 35.8 Å². The van der Waals surface area contributed by atoms with Gasteiger partial charge in [0.15, 0.2) is 0 Å². The predicted molar refractivity (Wildman–Crippen MR) is 72.1 cm³/mol. The van der Waals surface area contributed by atoms with Gasteiger partial charge in [0, 0.05) is 11.6 Å². The molecule has 1 aliphatic rings. The molecular weight excluding hydrogens is 261 g/mol. The van der Waals surface area contributed by atoms with Crippen LogP contribution in [0.4, 0.5) is 4.39 Å². The van der Waals surface area contributed by atoms with Crippen molar-refractivity contribution in [3.05, 3.63) is 35.6 Å². The van der Waals surface area contributed by atoms with Crippen molar-refractivity contribution in [2.45, 2.75) is 25.4 Å². The van der Waals surface area contributed by atoms with Gasteiger partial charge >= 0.3 is 0 Å². The number of halogens is 1. The van der Waals surface area contributed by atoms with Crippen LogP contribution in [-0.2, 0) is 9.59 Å². The minimum atomic E-state index is -0.490. The molecule has 0 radical (unpaired) electrons. The molecule has 0 saturated carbocycles. The van der Waals surface area contributed by atoms with Gasteiger partial charge in [-0.25, -0.2) is 4.39 Å². The van der Waals surface area contributed by atoms with E-state index in [0.717, 1.165) is 0 Å². The van der Waals surface area contributed by atoms with Crippen LogP contribution in [0.2, 0.25) is 0 Å². The highest BCUT2D eigenvalue weighted by Crippen LogP contribution is 2.27. The topological polar surface area (TPSA) is 75.4 Å². The first kappa shape index (κ1) is 14.6. The van der Waals surface area contributed by atoms with Crippen LogP contribution in [0.5, 0.6) is 0 Å². The van der Waals surface area contributed by atoms with Crippen LogP contribution in [0, 0.1) is 5.82 Å². The summed E-state index contributed by atoms with van der Waals surface area (Å²) in [6.45, 7) is 1.97. The highest BCUT2D eigenvalue weighted by Gasteiger charge is 2.33. The van der Waals surface area contributed by atoms with Gasteiger partial charge in [-0.05, 0) is 12.5 Å². The third-order valence-electron chi connectivity index (χ3n) is 3.47. The number of hydrogen-bond donors (Lipinski definition) is 2. The number of carbonyl (C=O) groups excluding carboxylic acids is 2. The number of amides is 2. The lowest BCUT2D eigenvalue weighted by Crippen LogP contribution is -2.55. The molecular formula is C14H18FN3O2. The minimum Gasteiger partial charge on any atom is -0.326 e. The van der Waals surface area contributed by atoms with E-state index in [4.69, 9.17) is 5.73 Å². The van der Waals surface area contributed by atoms with Crippen molar-refractivity contribution in [2.24, 2.45) is 5.73 Å². The summed E-state index contributed by atoms with van der Waals surface area (Å²) in [5, 5.41) is 2.23. The van der Waals surface area contributed by atoms with Crippen molar-refractivity contribution >= 4 is 11.8 Å². The Balaban J connectivity index is 2.35. The molecule has 2 amide bonds. The predicted octanol–water partition coefficient (Wildman–Crippen LogP) is 0.562. The van der Waals surface area contributed by atoms with Crippen molar-refractivity contribution in [1.29, 1.82) is 0 Å². The molecule has 2 atom stereocenters. The fourth-order valence-electron chi connectivity index (χ4n) is 2.49. The standard InChI is InChI=1S/C14H18FN3O2/c1-2-11(16)14(9-5-3-4-6-10(9)15)18-7-12(19)17-13(20)8-18/h3-6,11,14H,2,7-8,16H2,1H3,(H,17,19,20). The molecule has 0 bridgehead atoms. The summed E-state index contributed by atoms with van der Waals surface area (Å²) in [6, 6.07) is 5.48. The molecule has 20 heavy (non-hydrogen) atoms. The Morgan fingerprint density at radius 2 is 1.90 bits per heavy atom. The molecule has 1 saturated heterocycles. The van der Waals surface area contributed by atoms with E-state index >= 15 is 0 Å². The molecule has 2 rings (SSSR count). The fourth-order valence-corrected chi connectivity index (χ4v) is 2.49. The maximum atomic E-state index is 14.0. The van der Waals surface area contributed by atoms with Crippen molar-refractivity contribution in [2.75, 3.05) is 13.1 Å². The molecule has 3 N–H and O–H groups in total. The third-order valence-corrected chi connectivity index (χ3v) is 3.47. The summed E-state index contributed by atoms with van der Waals surface area (Å²) < 4.78 is 14.0. The third kappa shape index (κ3) is 3.02. The maximum absolute atomic E-state index is 14.0. The van der Waals surface area contributed by atoms with Gasteiger partial charge in [0.2, 0.25) is 11.8 Å². The molecule has 1 fully saturated rings. The fraction of sp³-hybridized carbons (Fsp3) is 0.429. The molecule has 1 heterocycles. The quantitative estimate of drug-likeness (QED) is 0.790. The van der Waals surface area contributed by atoms with E-state index in [-0.39, 0.29) is 36.8 Å². The van der Waals surface area contributed by atoms with Gasteiger partial charge in [-0.1, -0.05) is 25.1 Å². The average Bonchev–Trinajstić information content (AvgIpc) is 2.40. The molecule has 1 aromatic carbocycles. The second-order valence-corrected chi connectivity index (χ2v) is 4.91. The molecule has 0 aliphatic carbocycles. The van der Waals surface area contributed by atoms with Crippen LogP contribution < -0.4 is 11.1 Å². The van der Waals surface area contributed by atoms with Crippen LogP contribution in [0.3, 0.4) is 0 Å². The smallest absolute Gasteiger partial charge is 0.240 e. The molecule has 2 unspecified atom stereocenters. The number of hydrogen-bond acceptors (Lipinski definition) is 4. The van der Waals surface area contributed by atoms with E-state index in [2.05, 4.69) is 5.32 Å². The van der Waals surface area contributed by atoms with Crippen molar-refractivity contribution in [3.63, 3.8) is 0 Å². The Kier molecular flexibility index (Phi) is 4.46. The van der Waals surface area contributed by atoms with Crippen LogP contribution in [0.15, 0.2) is 24.3 Å². The number of nitrogens with two attached hydrogens (primary N) is 1. The van der Waals surface area contributed by atoms with Crippen LogP contribution in [0.1, 0.15) is 24.9 Å². The molecule has 0 aromatic heterocycles. The van der Waals surface area contributed by atoms with E-state index < -0.39 is 6.04 Å². The molecule has 5 nitrogen and oxygen atoms in total. The van der Waals surface area contributed by atoms with Crippen molar-refractivity contribution < 1.29 is 14.0 Å². The lowest BCUT2D eigenvalue weighted by atomic mass is 9.95. The van der Waals surface area contributed by atoms with E-state index in [0.29, 0.717) is 12.0 Å². The first-order valence-electron chi connectivity index (χ1n) is 6.59. The van der Waals surface area contributed by atoms with E-state index in [9.17, 15) is 14.0 Å². The SMILES string of the molecule is CCC(N)C(c1ccccc1F)N1CC(=O)NC(=O)C1. The largest absolute Gasteiger partial charge is 0.326 e. The monoisotopic (exact) mass is 279 g/mol. The number of rotatable bonds is 4. The number of carbonyl (C=O) groups is 2. The Labute approximate surface area is 116 Å². The Hall–Kier alpha value is -1.79. The van der Waals surface area contributed by atoms with E-state index in [1.165, 1.54) is 6.07 Å². The summed E-state index contributed by atoms with van der Waals surface area (Å²) in [5.41, 5.74) is 6.51. The lowest BCUT2D eigenvalue weighted by molar-refractivity contribution is -0.137. The van der Waals surface area contributed by atoms with Gasteiger partial charge in [-0.15, -0.1) is 0 Å². The second-order valence-electron chi connectivity index (χ2n) is 4.91. The number of nitrogens with one attached hydrogen (secondary N) is 1. The van der Waals surface area contributed by atoms with Crippen LogP contribution >= 0.6 is 0 Å². The highest BCUT2D eigenvalue weighted by molar-refractivity contribution is 5.99. The summed E-state index contributed by atoms with van der Waals surface area (Å²) in [5.74, 6) is -1.14. The van der Waals surface area contributed by atoms with Gasteiger partial charge < -0.3 is 5.73 Å². The zero-order valence-electron chi connectivity index (χ0n) is 11.3. The average molecular weight is 279 g/mol. The number of imide groups is 1. The Bertz CT molecular complexity index is 505. The molecule has 6 heteroatoms. The van der Waals surface area contributed by atoms with Gasteiger partial charge in [0.05, 0.1) is 19.1 Å². The van der Waals surface area contributed by atoms with Crippen LogP contribution in [0.25, 0.3) is 0 Å². The Morgan fingerprint density at radius 3 is 2.45 bits per heavy atom. The summed E-state index contributed by atoms with van der Waals surface area (Å²) in [7, 11) is 0. The number of benzene rings is 1. The maximum Gasteiger partial charge on any atom is 0.240 e. The summed E-state index contributed by atoms with van der Waals surface area (Å²) >= 11 is 0. The summed E-state index contributed by atoms with van der Waals surface area (Å²) in [6.07, 6.45) is 0.616. The minimum absolute atomic E-state index is 0.0401. The van der Waals surface area contributed by atoms with Gasteiger partial charge in [-0.2, -0.15) is 0 Å². The summed E-state index contributed by atoms with van der Waals surface area (Å²) in [4.78, 5) is 24.6. The zero-order chi connectivity index (χ0) is 14.7. The van der Waals surface area contributed by atoms with Gasteiger partial charge in [-0.3, -0.25) is 19.8 Å². The van der Waals surface area contributed by atoms with E-state index in [1.807, 2.05) is 6.92 Å². The zero-order valence-corrected chi connectivity index (χ0v) is 11.3. The van der Waals surface area contributed by atoms with Crippen molar-refractivity contribution in [1.82, 2.24) is 10.2 Å². The van der Waals surface area contributed by atoms with Gasteiger partial charge in [0.25, 0.3) is 0 Å². The lowest BCUT2D eigenvalue weighted by Gasteiger charge is -2.36. The highest BCUT2D eigenvalue weighted by atomic mass is 19.1. The number of piperazine rings is 1. The van der Waals surface area contributed by atoms with Crippen molar-refractivity contribution in [3.8, 4) is 0 Å². The normalized spacial score (nSPS) is 19.6. The first-order chi connectivity index (χ1) is 9.52. The molecule has 1 aliphatic heterocycles.